The Morgan fingerprint density at radius 2 is 2.05 bits per heavy atom. The van der Waals surface area contributed by atoms with Crippen molar-refractivity contribution >= 4 is 5.96 Å². The predicted molar refractivity (Wildman–Crippen MR) is 80.9 cm³/mol. The smallest absolute Gasteiger partial charge is 0.188 e. The molecule has 1 aromatic heterocycles. The van der Waals surface area contributed by atoms with E-state index in [0.717, 1.165) is 13.0 Å². The molecule has 112 valence electrons. The molecule has 0 aliphatic carbocycles. The highest BCUT2D eigenvalue weighted by Crippen LogP contribution is 2.04. The zero-order valence-electron chi connectivity index (χ0n) is 12.2. The molecule has 0 bridgehead atoms. The largest absolute Gasteiger partial charge is 0.370 e. The molecule has 1 aromatic rings. The van der Waals surface area contributed by atoms with Crippen LogP contribution in [-0.2, 0) is 6.54 Å². The van der Waals surface area contributed by atoms with Crippen LogP contribution < -0.4 is 11.1 Å². The Morgan fingerprint density at radius 3 is 2.80 bits per heavy atom. The van der Waals surface area contributed by atoms with E-state index < -0.39 is 0 Å². The number of hydrogen-bond donors (Lipinski definition) is 2. The van der Waals surface area contributed by atoms with Crippen LogP contribution in [0.3, 0.4) is 0 Å². The minimum atomic E-state index is -0.347. The number of halogens is 1. The number of nitrogens with two attached hydrogens (primary N) is 1. The van der Waals surface area contributed by atoms with E-state index in [2.05, 4.69) is 22.2 Å². The summed E-state index contributed by atoms with van der Waals surface area (Å²) in [6.45, 7) is 3.19. The molecule has 0 saturated carbocycles. The van der Waals surface area contributed by atoms with Crippen LogP contribution in [0.25, 0.3) is 0 Å². The number of nitrogens with zero attached hydrogens (tertiary/aromatic N) is 2. The number of aliphatic imine (C=N–C) groups is 1. The van der Waals surface area contributed by atoms with Gasteiger partial charge in [-0.25, -0.2) is 9.38 Å². The number of pyridine rings is 1. The van der Waals surface area contributed by atoms with Crippen molar-refractivity contribution in [3.63, 3.8) is 0 Å². The van der Waals surface area contributed by atoms with E-state index in [-0.39, 0.29) is 12.4 Å². The lowest BCUT2D eigenvalue weighted by Crippen LogP contribution is -2.32. The van der Waals surface area contributed by atoms with Gasteiger partial charge in [-0.2, -0.15) is 0 Å². The molecule has 1 heterocycles. The van der Waals surface area contributed by atoms with Crippen molar-refractivity contribution in [2.75, 3.05) is 6.54 Å². The van der Waals surface area contributed by atoms with Gasteiger partial charge >= 0.3 is 0 Å². The fourth-order valence-corrected chi connectivity index (χ4v) is 1.87. The van der Waals surface area contributed by atoms with Crippen molar-refractivity contribution in [1.29, 1.82) is 0 Å². The maximum atomic E-state index is 13.3. The molecule has 1 rings (SSSR count). The number of guanidine groups is 1. The van der Waals surface area contributed by atoms with Crippen LogP contribution in [-0.4, -0.2) is 17.5 Å². The minimum absolute atomic E-state index is 0.169. The summed E-state index contributed by atoms with van der Waals surface area (Å²) in [5, 5.41) is 3.04. The van der Waals surface area contributed by atoms with Crippen molar-refractivity contribution in [2.45, 2.75) is 52.0 Å². The van der Waals surface area contributed by atoms with E-state index >= 15 is 0 Å². The summed E-state index contributed by atoms with van der Waals surface area (Å²) in [6.07, 6.45) is 8.99. The van der Waals surface area contributed by atoms with Crippen molar-refractivity contribution in [2.24, 2.45) is 10.7 Å². The Bertz CT molecular complexity index is 407. The van der Waals surface area contributed by atoms with Gasteiger partial charge in [-0.05, 0) is 18.6 Å². The molecule has 0 spiro atoms. The Labute approximate surface area is 120 Å². The molecule has 0 atom stereocenters. The highest BCUT2D eigenvalue weighted by molar-refractivity contribution is 5.77. The summed E-state index contributed by atoms with van der Waals surface area (Å²) < 4.78 is 13.3. The van der Waals surface area contributed by atoms with Crippen molar-refractivity contribution in [3.05, 3.63) is 29.8 Å². The van der Waals surface area contributed by atoms with E-state index in [9.17, 15) is 4.39 Å². The second-order valence-corrected chi connectivity index (χ2v) is 4.83. The van der Waals surface area contributed by atoms with E-state index in [1.54, 1.807) is 12.3 Å². The first-order chi connectivity index (χ1) is 9.74. The molecule has 0 amide bonds. The van der Waals surface area contributed by atoms with Gasteiger partial charge in [0, 0.05) is 12.7 Å². The van der Waals surface area contributed by atoms with Gasteiger partial charge in [0.15, 0.2) is 5.96 Å². The summed E-state index contributed by atoms with van der Waals surface area (Å²) in [5.74, 6) is 0.00332. The molecule has 4 nitrogen and oxygen atoms in total. The third-order valence-corrected chi connectivity index (χ3v) is 3.07. The molecule has 3 N–H and O–H groups in total. The lowest BCUT2D eigenvalue weighted by Gasteiger charge is -2.05. The number of nitrogens with one attached hydrogen (secondary N) is 1. The van der Waals surface area contributed by atoms with Gasteiger partial charge in [0.25, 0.3) is 0 Å². The van der Waals surface area contributed by atoms with Gasteiger partial charge in [0.1, 0.15) is 5.82 Å². The summed E-state index contributed by atoms with van der Waals surface area (Å²) in [4.78, 5) is 8.01. The Kier molecular flexibility index (Phi) is 8.35. The van der Waals surface area contributed by atoms with Crippen LogP contribution in [0.2, 0.25) is 0 Å². The molecule has 0 aliphatic heterocycles. The molecule has 0 aliphatic rings. The molecular weight excluding hydrogens is 255 g/mol. The van der Waals surface area contributed by atoms with Crippen LogP contribution in [0.1, 0.15) is 51.1 Å². The quantitative estimate of drug-likeness (QED) is 0.415. The fourth-order valence-electron chi connectivity index (χ4n) is 1.87. The average molecular weight is 280 g/mol. The summed E-state index contributed by atoms with van der Waals surface area (Å²) in [6, 6.07) is 2.93. The Morgan fingerprint density at radius 1 is 1.30 bits per heavy atom. The zero-order chi connectivity index (χ0) is 14.6. The lowest BCUT2D eigenvalue weighted by molar-refractivity contribution is 0.597. The molecule has 0 aromatic carbocycles. The SMILES string of the molecule is CCCCCCCCNC(N)=NCc1ncccc1F. The molecule has 0 radical (unpaired) electrons. The molecule has 0 unspecified atom stereocenters. The van der Waals surface area contributed by atoms with E-state index in [0.29, 0.717) is 11.7 Å². The summed E-state index contributed by atoms with van der Waals surface area (Å²) in [7, 11) is 0. The van der Waals surface area contributed by atoms with E-state index in [4.69, 9.17) is 5.73 Å². The van der Waals surface area contributed by atoms with Gasteiger partial charge in [-0.15, -0.1) is 0 Å². The third kappa shape index (κ3) is 7.07. The monoisotopic (exact) mass is 280 g/mol. The molecule has 0 saturated heterocycles. The van der Waals surface area contributed by atoms with Gasteiger partial charge in [-0.3, -0.25) is 4.98 Å². The first-order valence-corrected chi connectivity index (χ1v) is 7.37. The summed E-state index contributed by atoms with van der Waals surface area (Å²) >= 11 is 0. The second-order valence-electron chi connectivity index (χ2n) is 4.83. The molecular formula is C15H25FN4. The van der Waals surface area contributed by atoms with Crippen molar-refractivity contribution in [1.82, 2.24) is 10.3 Å². The normalized spacial score (nSPS) is 11.6. The number of rotatable bonds is 9. The van der Waals surface area contributed by atoms with Crippen molar-refractivity contribution in [3.8, 4) is 0 Å². The molecule has 0 fully saturated rings. The summed E-state index contributed by atoms with van der Waals surface area (Å²) in [5.41, 5.74) is 6.04. The van der Waals surface area contributed by atoms with Crippen LogP contribution in [0.4, 0.5) is 4.39 Å². The zero-order valence-corrected chi connectivity index (χ0v) is 12.2. The maximum Gasteiger partial charge on any atom is 0.188 e. The third-order valence-electron chi connectivity index (χ3n) is 3.07. The molecule has 20 heavy (non-hydrogen) atoms. The Balaban J connectivity index is 2.14. The highest BCUT2D eigenvalue weighted by atomic mass is 19.1. The number of hydrogen-bond acceptors (Lipinski definition) is 2. The van der Waals surface area contributed by atoms with E-state index in [1.807, 2.05) is 0 Å². The lowest BCUT2D eigenvalue weighted by atomic mass is 10.1. The first-order valence-electron chi connectivity index (χ1n) is 7.37. The minimum Gasteiger partial charge on any atom is -0.370 e. The van der Waals surface area contributed by atoms with Gasteiger partial charge in [0.2, 0.25) is 0 Å². The van der Waals surface area contributed by atoms with Crippen LogP contribution >= 0.6 is 0 Å². The van der Waals surface area contributed by atoms with Crippen LogP contribution in [0.15, 0.2) is 23.3 Å². The molecule has 5 heteroatoms. The topological polar surface area (TPSA) is 63.3 Å². The van der Waals surface area contributed by atoms with Gasteiger partial charge in [-0.1, -0.05) is 39.0 Å². The maximum absolute atomic E-state index is 13.3. The van der Waals surface area contributed by atoms with E-state index in [1.165, 1.54) is 38.2 Å². The second kappa shape index (κ2) is 10.2. The van der Waals surface area contributed by atoms with Crippen molar-refractivity contribution < 1.29 is 4.39 Å². The first kappa shape index (κ1) is 16.4. The van der Waals surface area contributed by atoms with Crippen LogP contribution in [0, 0.1) is 5.82 Å². The Hall–Kier alpha value is -1.65. The van der Waals surface area contributed by atoms with Gasteiger partial charge < -0.3 is 11.1 Å². The van der Waals surface area contributed by atoms with Crippen LogP contribution in [0.5, 0.6) is 0 Å². The predicted octanol–water partition coefficient (Wildman–Crippen LogP) is 2.99. The number of unbranched alkanes of at least 4 members (excludes halogenated alkanes) is 5. The number of aromatic nitrogens is 1. The van der Waals surface area contributed by atoms with Gasteiger partial charge in [0.05, 0.1) is 12.2 Å². The standard InChI is InChI=1S/C15H25FN4/c1-2-3-4-5-6-7-10-19-15(17)20-12-14-13(16)9-8-11-18-14/h8-9,11H,2-7,10,12H2,1H3,(H3,17,19,20). The highest BCUT2D eigenvalue weighted by Gasteiger charge is 2.01. The fraction of sp³-hybridized carbons (Fsp3) is 0.600. The average Bonchev–Trinajstić information content (AvgIpc) is 2.45.